The van der Waals surface area contributed by atoms with E-state index in [1.54, 1.807) is 0 Å². The Kier molecular flexibility index (Phi) is 4.28. The van der Waals surface area contributed by atoms with Crippen LogP contribution in [0.2, 0.25) is 0 Å². The molecule has 3 N–H and O–H groups in total. The zero-order chi connectivity index (χ0) is 14.0. The van der Waals surface area contributed by atoms with E-state index in [1.807, 2.05) is 38.1 Å². The molecule has 2 unspecified atom stereocenters. The second-order valence-corrected chi connectivity index (χ2v) is 6.11. The summed E-state index contributed by atoms with van der Waals surface area (Å²) in [6.07, 6.45) is 0. The van der Waals surface area contributed by atoms with Crippen LogP contribution >= 0.6 is 15.9 Å². The van der Waals surface area contributed by atoms with Crippen molar-refractivity contribution >= 4 is 21.8 Å². The van der Waals surface area contributed by atoms with E-state index >= 15 is 0 Å². The maximum Gasteiger partial charge on any atom is 0.230 e. The monoisotopic (exact) mass is 326 g/mol. The van der Waals surface area contributed by atoms with Gasteiger partial charge in [0.15, 0.2) is 0 Å². The average Bonchev–Trinajstić information content (AvgIpc) is 2.71. The lowest BCUT2D eigenvalue weighted by Crippen LogP contribution is -2.50. The predicted octanol–water partition coefficient (Wildman–Crippen LogP) is 1.99. The van der Waals surface area contributed by atoms with Crippen molar-refractivity contribution in [3.8, 4) is 0 Å². The normalized spacial score (nSPS) is 28.1. The number of nitrogens with two attached hydrogens (primary N) is 1. The summed E-state index contributed by atoms with van der Waals surface area (Å²) < 4.78 is 6.30. The minimum absolute atomic E-state index is 0.0549. The van der Waals surface area contributed by atoms with Gasteiger partial charge < -0.3 is 15.8 Å². The van der Waals surface area contributed by atoms with Crippen LogP contribution < -0.4 is 11.1 Å². The molecule has 1 saturated heterocycles. The SMILES string of the molecule is C[C@@H](NC(=O)C1(C)COCC1N)c1ccccc1Br. The summed E-state index contributed by atoms with van der Waals surface area (Å²) in [4.78, 5) is 12.4. The average molecular weight is 327 g/mol. The number of hydrogen-bond acceptors (Lipinski definition) is 3. The van der Waals surface area contributed by atoms with Crippen LogP contribution in [0.3, 0.4) is 0 Å². The van der Waals surface area contributed by atoms with Crippen molar-refractivity contribution < 1.29 is 9.53 Å². The van der Waals surface area contributed by atoms with Gasteiger partial charge in [-0.3, -0.25) is 4.79 Å². The highest BCUT2D eigenvalue weighted by Gasteiger charge is 2.44. The molecule has 0 spiro atoms. The van der Waals surface area contributed by atoms with Crippen LogP contribution in [0.25, 0.3) is 0 Å². The lowest BCUT2D eigenvalue weighted by atomic mass is 9.84. The molecule has 3 atom stereocenters. The Bertz CT molecular complexity index is 480. The second kappa shape index (κ2) is 5.61. The van der Waals surface area contributed by atoms with Crippen molar-refractivity contribution in [2.24, 2.45) is 11.1 Å². The molecule has 19 heavy (non-hydrogen) atoms. The van der Waals surface area contributed by atoms with Crippen molar-refractivity contribution in [2.45, 2.75) is 25.9 Å². The van der Waals surface area contributed by atoms with E-state index in [4.69, 9.17) is 10.5 Å². The highest BCUT2D eigenvalue weighted by atomic mass is 79.9. The number of halogens is 1. The third kappa shape index (κ3) is 2.83. The Morgan fingerprint density at radius 1 is 1.58 bits per heavy atom. The van der Waals surface area contributed by atoms with E-state index in [2.05, 4.69) is 21.2 Å². The van der Waals surface area contributed by atoms with E-state index in [0.29, 0.717) is 13.2 Å². The molecular weight excluding hydrogens is 308 g/mol. The Morgan fingerprint density at radius 2 is 2.26 bits per heavy atom. The van der Waals surface area contributed by atoms with Crippen LogP contribution in [0, 0.1) is 5.41 Å². The molecule has 0 aliphatic carbocycles. The molecule has 0 radical (unpaired) electrons. The molecule has 1 aromatic carbocycles. The third-order valence-electron chi connectivity index (χ3n) is 3.76. The van der Waals surface area contributed by atoms with Gasteiger partial charge in [0.1, 0.15) is 0 Å². The fourth-order valence-electron chi connectivity index (χ4n) is 2.19. The van der Waals surface area contributed by atoms with E-state index < -0.39 is 5.41 Å². The highest BCUT2D eigenvalue weighted by Crippen LogP contribution is 2.29. The number of benzene rings is 1. The fraction of sp³-hybridized carbons (Fsp3) is 0.500. The molecule has 1 aliphatic rings. The summed E-state index contributed by atoms with van der Waals surface area (Å²) in [7, 11) is 0. The first-order chi connectivity index (χ1) is 8.95. The maximum atomic E-state index is 12.4. The highest BCUT2D eigenvalue weighted by molar-refractivity contribution is 9.10. The van der Waals surface area contributed by atoms with Crippen molar-refractivity contribution in [3.05, 3.63) is 34.3 Å². The topological polar surface area (TPSA) is 64.3 Å². The minimum atomic E-state index is -0.643. The zero-order valence-electron chi connectivity index (χ0n) is 11.2. The standard InChI is InChI=1S/C14H19BrN2O2/c1-9(10-5-3-4-6-11(10)15)17-13(18)14(2)8-19-7-12(14)16/h3-6,9,12H,7-8,16H2,1-2H3,(H,17,18)/t9-,12?,14?/m1/s1. The number of hydrogen-bond donors (Lipinski definition) is 2. The van der Waals surface area contributed by atoms with Crippen LogP contribution in [0.4, 0.5) is 0 Å². The summed E-state index contributed by atoms with van der Waals surface area (Å²) >= 11 is 3.49. The maximum absolute atomic E-state index is 12.4. The summed E-state index contributed by atoms with van der Waals surface area (Å²) in [5.41, 5.74) is 6.37. The molecule has 0 saturated carbocycles. The van der Waals surface area contributed by atoms with E-state index in [-0.39, 0.29) is 18.0 Å². The number of carbonyl (C=O) groups is 1. The fourth-order valence-corrected chi connectivity index (χ4v) is 2.82. The van der Waals surface area contributed by atoms with E-state index in [9.17, 15) is 4.79 Å². The van der Waals surface area contributed by atoms with Gasteiger partial charge in [0.2, 0.25) is 5.91 Å². The number of rotatable bonds is 3. The van der Waals surface area contributed by atoms with Gasteiger partial charge >= 0.3 is 0 Å². The van der Waals surface area contributed by atoms with Gasteiger partial charge in [-0.25, -0.2) is 0 Å². The number of ether oxygens (including phenoxy) is 1. The van der Waals surface area contributed by atoms with Crippen molar-refractivity contribution in [1.82, 2.24) is 5.32 Å². The van der Waals surface area contributed by atoms with Gasteiger partial charge in [-0.2, -0.15) is 0 Å². The van der Waals surface area contributed by atoms with Crippen molar-refractivity contribution in [2.75, 3.05) is 13.2 Å². The first-order valence-electron chi connectivity index (χ1n) is 6.34. The molecule has 5 heteroatoms. The van der Waals surface area contributed by atoms with E-state index in [1.165, 1.54) is 0 Å². The Hall–Kier alpha value is -0.910. The van der Waals surface area contributed by atoms with Gasteiger partial charge in [0, 0.05) is 10.5 Å². The molecule has 0 aromatic heterocycles. The van der Waals surface area contributed by atoms with Crippen LogP contribution in [0.1, 0.15) is 25.5 Å². The lowest BCUT2D eigenvalue weighted by molar-refractivity contribution is -0.131. The molecule has 1 aromatic rings. The van der Waals surface area contributed by atoms with Gasteiger partial charge in [0.25, 0.3) is 0 Å². The van der Waals surface area contributed by atoms with Crippen LogP contribution in [-0.4, -0.2) is 25.2 Å². The molecule has 1 heterocycles. The summed E-state index contributed by atoms with van der Waals surface area (Å²) in [6, 6.07) is 7.53. The third-order valence-corrected chi connectivity index (χ3v) is 4.48. The Labute approximate surface area is 121 Å². The molecule has 0 bridgehead atoms. The van der Waals surface area contributed by atoms with Crippen LogP contribution in [-0.2, 0) is 9.53 Å². The van der Waals surface area contributed by atoms with Crippen molar-refractivity contribution in [3.63, 3.8) is 0 Å². The number of nitrogens with one attached hydrogen (secondary N) is 1. The summed E-state index contributed by atoms with van der Waals surface area (Å²) in [6.45, 7) is 4.63. The molecule has 1 aliphatic heterocycles. The number of amides is 1. The van der Waals surface area contributed by atoms with Gasteiger partial charge in [0.05, 0.1) is 24.7 Å². The summed E-state index contributed by atoms with van der Waals surface area (Å²) in [5, 5.41) is 3.02. The first-order valence-corrected chi connectivity index (χ1v) is 7.13. The first kappa shape index (κ1) is 14.5. The van der Waals surface area contributed by atoms with Gasteiger partial charge in [-0.15, -0.1) is 0 Å². The van der Waals surface area contributed by atoms with E-state index in [0.717, 1.165) is 10.0 Å². The Morgan fingerprint density at radius 3 is 2.84 bits per heavy atom. The van der Waals surface area contributed by atoms with Crippen LogP contribution in [0.5, 0.6) is 0 Å². The molecule has 1 fully saturated rings. The molecular formula is C14H19BrN2O2. The minimum Gasteiger partial charge on any atom is -0.379 e. The van der Waals surface area contributed by atoms with Crippen molar-refractivity contribution in [1.29, 1.82) is 0 Å². The quantitative estimate of drug-likeness (QED) is 0.892. The summed E-state index contributed by atoms with van der Waals surface area (Å²) in [5.74, 6) is -0.0549. The molecule has 4 nitrogen and oxygen atoms in total. The molecule has 2 rings (SSSR count). The number of carbonyl (C=O) groups excluding carboxylic acids is 1. The largest absolute Gasteiger partial charge is 0.379 e. The smallest absolute Gasteiger partial charge is 0.230 e. The zero-order valence-corrected chi connectivity index (χ0v) is 12.7. The van der Waals surface area contributed by atoms with Crippen LogP contribution in [0.15, 0.2) is 28.7 Å². The van der Waals surface area contributed by atoms with Gasteiger partial charge in [-0.1, -0.05) is 34.1 Å². The predicted molar refractivity (Wildman–Crippen MR) is 77.6 cm³/mol. The molecule has 1 amide bonds. The Balaban J connectivity index is 2.09. The second-order valence-electron chi connectivity index (χ2n) is 5.26. The lowest BCUT2D eigenvalue weighted by Gasteiger charge is -2.28. The molecule has 104 valence electrons. The van der Waals surface area contributed by atoms with Gasteiger partial charge in [-0.05, 0) is 25.5 Å².